The summed E-state index contributed by atoms with van der Waals surface area (Å²) in [5.41, 5.74) is 0. The van der Waals surface area contributed by atoms with Gasteiger partial charge in [0.05, 0.1) is 11.3 Å². The lowest BCUT2D eigenvalue weighted by Gasteiger charge is -2.21. The largest absolute Gasteiger partial charge is 0.357 e. The monoisotopic (exact) mass is 345 g/mol. The predicted octanol–water partition coefficient (Wildman–Crippen LogP) is 2.73. The van der Waals surface area contributed by atoms with E-state index in [0.717, 1.165) is 25.4 Å². The van der Waals surface area contributed by atoms with Crippen molar-refractivity contribution in [2.24, 2.45) is 10.9 Å². The highest BCUT2D eigenvalue weighted by molar-refractivity contribution is 7.92. The van der Waals surface area contributed by atoms with Crippen LogP contribution in [0.15, 0.2) is 4.99 Å². The van der Waals surface area contributed by atoms with E-state index in [1.165, 1.54) is 44.8 Å². The number of aliphatic imine (C=N–C) groups is 1. The van der Waals surface area contributed by atoms with Crippen LogP contribution in [-0.2, 0) is 9.84 Å². The van der Waals surface area contributed by atoms with Gasteiger partial charge in [-0.2, -0.15) is 0 Å². The van der Waals surface area contributed by atoms with E-state index < -0.39 is 14.6 Å². The van der Waals surface area contributed by atoms with Crippen LogP contribution in [0, 0.1) is 5.92 Å². The first-order valence-corrected chi connectivity index (χ1v) is 10.9. The summed E-state index contributed by atoms with van der Waals surface area (Å²) < 4.78 is 22.6. The molecule has 0 amide bonds. The van der Waals surface area contributed by atoms with Crippen LogP contribution in [0.25, 0.3) is 0 Å². The van der Waals surface area contributed by atoms with E-state index >= 15 is 0 Å². The number of nitrogens with one attached hydrogen (secondary N) is 2. The average Bonchev–Trinajstić information content (AvgIpc) is 2.96. The molecular weight excluding hydrogens is 310 g/mol. The molecule has 1 fully saturated rings. The van der Waals surface area contributed by atoms with Crippen LogP contribution < -0.4 is 10.6 Å². The van der Waals surface area contributed by atoms with Crippen molar-refractivity contribution in [2.75, 3.05) is 25.9 Å². The van der Waals surface area contributed by atoms with Crippen molar-refractivity contribution in [3.8, 4) is 0 Å². The summed E-state index contributed by atoms with van der Waals surface area (Å²) in [5.74, 6) is 1.66. The van der Waals surface area contributed by atoms with Gasteiger partial charge in [0.15, 0.2) is 15.8 Å². The lowest BCUT2D eigenvalue weighted by molar-refractivity contribution is 0.472. The SMILES string of the molecule is CCNC(=NCC(C)(C)S(C)(=O)=O)NCCCCC1CCCC1. The number of hydrogen-bond acceptors (Lipinski definition) is 3. The molecule has 0 heterocycles. The number of hydrogen-bond donors (Lipinski definition) is 2. The second kappa shape index (κ2) is 9.50. The van der Waals surface area contributed by atoms with Gasteiger partial charge in [-0.15, -0.1) is 0 Å². The molecule has 1 saturated carbocycles. The molecular formula is C17H35N3O2S. The molecule has 6 heteroatoms. The van der Waals surface area contributed by atoms with Crippen molar-refractivity contribution in [2.45, 2.75) is 70.5 Å². The quantitative estimate of drug-likeness (QED) is 0.383. The summed E-state index contributed by atoms with van der Waals surface area (Å²) in [6.45, 7) is 7.38. The Hall–Kier alpha value is -0.780. The van der Waals surface area contributed by atoms with Crippen molar-refractivity contribution in [3.63, 3.8) is 0 Å². The lowest BCUT2D eigenvalue weighted by Crippen LogP contribution is -2.41. The third-order valence-corrected chi connectivity index (χ3v) is 6.91. The maximum absolute atomic E-state index is 11.7. The summed E-state index contributed by atoms with van der Waals surface area (Å²) in [6, 6.07) is 0. The second-order valence-corrected chi connectivity index (χ2v) is 9.95. The minimum atomic E-state index is -3.11. The van der Waals surface area contributed by atoms with Crippen molar-refractivity contribution < 1.29 is 8.42 Å². The number of rotatable bonds is 9. The molecule has 0 bridgehead atoms. The Bertz CT molecular complexity index is 466. The molecule has 2 N–H and O–H groups in total. The van der Waals surface area contributed by atoms with E-state index in [-0.39, 0.29) is 6.54 Å². The van der Waals surface area contributed by atoms with Crippen LogP contribution in [0.5, 0.6) is 0 Å². The highest BCUT2D eigenvalue weighted by atomic mass is 32.2. The van der Waals surface area contributed by atoms with Crippen LogP contribution in [0.3, 0.4) is 0 Å². The van der Waals surface area contributed by atoms with Gasteiger partial charge in [-0.05, 0) is 33.1 Å². The van der Waals surface area contributed by atoms with E-state index in [0.29, 0.717) is 5.96 Å². The van der Waals surface area contributed by atoms with Gasteiger partial charge < -0.3 is 10.6 Å². The van der Waals surface area contributed by atoms with E-state index in [1.54, 1.807) is 13.8 Å². The highest BCUT2D eigenvalue weighted by Gasteiger charge is 2.29. The highest BCUT2D eigenvalue weighted by Crippen LogP contribution is 2.28. The summed E-state index contributed by atoms with van der Waals surface area (Å²) in [4.78, 5) is 4.44. The fourth-order valence-corrected chi connectivity index (χ4v) is 3.09. The van der Waals surface area contributed by atoms with Gasteiger partial charge in [0.25, 0.3) is 0 Å². The van der Waals surface area contributed by atoms with Gasteiger partial charge in [0, 0.05) is 19.3 Å². The standard InChI is InChI=1S/C17H35N3O2S/c1-5-18-16(20-14-17(2,3)23(4,21)22)19-13-9-8-12-15-10-6-7-11-15/h15H,5-14H2,1-4H3,(H2,18,19,20). The molecule has 0 aliphatic heterocycles. The Morgan fingerprint density at radius 2 is 1.83 bits per heavy atom. The van der Waals surface area contributed by atoms with Gasteiger partial charge in [0.2, 0.25) is 0 Å². The molecule has 136 valence electrons. The first kappa shape index (κ1) is 20.3. The van der Waals surface area contributed by atoms with Crippen molar-refractivity contribution >= 4 is 15.8 Å². The lowest BCUT2D eigenvalue weighted by atomic mass is 10.0. The fraction of sp³-hybridized carbons (Fsp3) is 0.941. The Morgan fingerprint density at radius 3 is 2.39 bits per heavy atom. The summed E-state index contributed by atoms with van der Waals surface area (Å²) in [6.07, 6.45) is 10.7. The summed E-state index contributed by atoms with van der Waals surface area (Å²) in [5, 5.41) is 6.50. The third kappa shape index (κ3) is 7.55. The van der Waals surface area contributed by atoms with E-state index in [9.17, 15) is 8.42 Å². The molecule has 0 atom stereocenters. The predicted molar refractivity (Wildman–Crippen MR) is 98.7 cm³/mol. The number of guanidine groups is 1. The van der Waals surface area contributed by atoms with Crippen LogP contribution in [0.4, 0.5) is 0 Å². The van der Waals surface area contributed by atoms with Gasteiger partial charge in [0.1, 0.15) is 0 Å². The summed E-state index contributed by atoms with van der Waals surface area (Å²) in [7, 11) is -3.11. The molecule has 0 saturated heterocycles. The smallest absolute Gasteiger partial charge is 0.191 e. The zero-order valence-electron chi connectivity index (χ0n) is 15.3. The number of sulfone groups is 1. The minimum absolute atomic E-state index is 0.267. The molecule has 0 aromatic heterocycles. The molecule has 0 aromatic carbocycles. The molecule has 1 aliphatic carbocycles. The Morgan fingerprint density at radius 1 is 1.17 bits per heavy atom. The Kier molecular flexibility index (Phi) is 8.37. The van der Waals surface area contributed by atoms with E-state index in [2.05, 4.69) is 15.6 Å². The van der Waals surface area contributed by atoms with Gasteiger partial charge in [-0.1, -0.05) is 38.5 Å². The fourth-order valence-electron chi connectivity index (χ4n) is 2.79. The zero-order valence-corrected chi connectivity index (χ0v) is 16.1. The van der Waals surface area contributed by atoms with Gasteiger partial charge in [-0.25, -0.2) is 8.42 Å². The number of unbranched alkanes of at least 4 members (excludes halogenated alkanes) is 1. The first-order chi connectivity index (χ1) is 10.8. The maximum Gasteiger partial charge on any atom is 0.191 e. The molecule has 5 nitrogen and oxygen atoms in total. The normalized spacial score (nSPS) is 17.5. The minimum Gasteiger partial charge on any atom is -0.357 e. The zero-order chi connectivity index (χ0) is 17.3. The van der Waals surface area contributed by atoms with Crippen LogP contribution in [0.1, 0.15) is 65.7 Å². The maximum atomic E-state index is 11.7. The van der Waals surface area contributed by atoms with Crippen molar-refractivity contribution in [3.05, 3.63) is 0 Å². The molecule has 0 spiro atoms. The molecule has 0 aromatic rings. The molecule has 1 rings (SSSR count). The molecule has 0 unspecified atom stereocenters. The number of nitrogens with zero attached hydrogens (tertiary/aromatic N) is 1. The molecule has 0 radical (unpaired) electrons. The van der Waals surface area contributed by atoms with Crippen LogP contribution in [0.2, 0.25) is 0 Å². The van der Waals surface area contributed by atoms with Gasteiger partial charge >= 0.3 is 0 Å². The average molecular weight is 346 g/mol. The van der Waals surface area contributed by atoms with E-state index in [4.69, 9.17) is 0 Å². The topological polar surface area (TPSA) is 70.6 Å². The summed E-state index contributed by atoms with van der Waals surface area (Å²) >= 11 is 0. The Labute approximate surface area is 142 Å². The second-order valence-electron chi connectivity index (χ2n) is 7.30. The van der Waals surface area contributed by atoms with Crippen LogP contribution in [-0.4, -0.2) is 45.0 Å². The third-order valence-electron chi connectivity index (χ3n) is 4.77. The van der Waals surface area contributed by atoms with Crippen molar-refractivity contribution in [1.82, 2.24) is 10.6 Å². The first-order valence-electron chi connectivity index (χ1n) is 8.98. The van der Waals surface area contributed by atoms with Crippen molar-refractivity contribution in [1.29, 1.82) is 0 Å². The molecule has 23 heavy (non-hydrogen) atoms. The Balaban J connectivity index is 2.34. The van der Waals surface area contributed by atoms with Crippen LogP contribution >= 0.6 is 0 Å². The molecule has 1 aliphatic rings. The van der Waals surface area contributed by atoms with Gasteiger partial charge in [-0.3, -0.25) is 4.99 Å². The van der Waals surface area contributed by atoms with E-state index in [1.807, 2.05) is 6.92 Å².